The van der Waals surface area contributed by atoms with Crippen molar-refractivity contribution in [3.05, 3.63) is 45.2 Å². The van der Waals surface area contributed by atoms with Crippen molar-refractivity contribution in [2.24, 2.45) is 0 Å². The van der Waals surface area contributed by atoms with Crippen LogP contribution in [-0.2, 0) is 9.53 Å². The summed E-state index contributed by atoms with van der Waals surface area (Å²) in [5, 5.41) is 3.23. The van der Waals surface area contributed by atoms with Crippen LogP contribution in [0.5, 0.6) is 0 Å². The molecular formula is C20H24N4O3S2. The molecule has 9 heteroatoms. The Kier molecular flexibility index (Phi) is 7.05. The molecule has 1 N–H and O–H groups in total. The van der Waals surface area contributed by atoms with Gasteiger partial charge in [-0.15, -0.1) is 0 Å². The number of aromatic nitrogens is 2. The average molecular weight is 433 g/mol. The van der Waals surface area contributed by atoms with Crippen molar-refractivity contribution in [2.75, 3.05) is 25.0 Å². The number of ether oxygens (including phenoxy) is 1. The number of anilines is 1. The highest BCUT2D eigenvalue weighted by Crippen LogP contribution is 2.32. The topological polar surface area (TPSA) is 75.9 Å². The molecule has 2 aromatic rings. The Bertz CT molecular complexity index is 1020. The summed E-state index contributed by atoms with van der Waals surface area (Å²) in [6.45, 7) is 7.55. The molecule has 29 heavy (non-hydrogen) atoms. The Morgan fingerprint density at radius 3 is 2.83 bits per heavy atom. The SMILES string of the molecule is CCN1C(=O)/C(=C/c2c(NCCCOC(C)C)nc3ccccn3c2=O)SC1=S. The molecule has 0 atom stereocenters. The zero-order valence-corrected chi connectivity index (χ0v) is 18.3. The van der Waals surface area contributed by atoms with E-state index in [1.54, 1.807) is 24.4 Å². The lowest BCUT2D eigenvalue weighted by atomic mass is 10.2. The summed E-state index contributed by atoms with van der Waals surface area (Å²) >= 11 is 6.48. The van der Waals surface area contributed by atoms with Gasteiger partial charge in [0.25, 0.3) is 11.5 Å². The van der Waals surface area contributed by atoms with Crippen molar-refractivity contribution in [1.29, 1.82) is 0 Å². The van der Waals surface area contributed by atoms with E-state index in [0.29, 0.717) is 46.0 Å². The number of likely N-dealkylation sites (N-methyl/N-ethyl adjacent to an activating group) is 1. The van der Waals surface area contributed by atoms with Crippen LogP contribution in [0.25, 0.3) is 11.7 Å². The number of pyridine rings is 1. The second-order valence-electron chi connectivity index (χ2n) is 6.73. The molecule has 154 valence electrons. The second kappa shape index (κ2) is 9.51. The summed E-state index contributed by atoms with van der Waals surface area (Å²) in [5.74, 6) is 0.267. The zero-order valence-electron chi connectivity index (χ0n) is 16.7. The van der Waals surface area contributed by atoms with E-state index in [1.165, 1.54) is 21.1 Å². The first-order valence-electron chi connectivity index (χ1n) is 9.54. The normalized spacial score (nSPS) is 15.9. The largest absolute Gasteiger partial charge is 0.379 e. The maximum absolute atomic E-state index is 13.1. The molecule has 1 aliphatic rings. The maximum atomic E-state index is 13.1. The van der Waals surface area contributed by atoms with Crippen LogP contribution in [0.1, 0.15) is 32.8 Å². The van der Waals surface area contributed by atoms with Crippen LogP contribution < -0.4 is 10.9 Å². The van der Waals surface area contributed by atoms with Gasteiger partial charge in [0.1, 0.15) is 15.8 Å². The molecule has 1 saturated heterocycles. The maximum Gasteiger partial charge on any atom is 0.267 e. The van der Waals surface area contributed by atoms with Crippen LogP contribution >= 0.6 is 24.0 Å². The summed E-state index contributed by atoms with van der Waals surface area (Å²) in [7, 11) is 0. The van der Waals surface area contributed by atoms with Crippen LogP contribution in [-0.4, -0.2) is 50.3 Å². The van der Waals surface area contributed by atoms with Crippen molar-refractivity contribution in [3.8, 4) is 0 Å². The number of fused-ring (bicyclic) bond motifs is 1. The monoisotopic (exact) mass is 432 g/mol. The van der Waals surface area contributed by atoms with Crippen molar-refractivity contribution in [2.45, 2.75) is 33.3 Å². The lowest BCUT2D eigenvalue weighted by molar-refractivity contribution is -0.121. The summed E-state index contributed by atoms with van der Waals surface area (Å²) in [6.07, 6.45) is 4.20. The molecule has 1 aliphatic heterocycles. The van der Waals surface area contributed by atoms with Gasteiger partial charge in [-0.2, -0.15) is 0 Å². The number of nitrogens with zero attached hydrogens (tertiary/aromatic N) is 3. The van der Waals surface area contributed by atoms with E-state index in [1.807, 2.05) is 26.8 Å². The molecule has 2 aromatic heterocycles. The van der Waals surface area contributed by atoms with Gasteiger partial charge in [-0.3, -0.25) is 18.9 Å². The van der Waals surface area contributed by atoms with Crippen molar-refractivity contribution < 1.29 is 9.53 Å². The zero-order chi connectivity index (χ0) is 21.0. The molecule has 1 amide bonds. The van der Waals surface area contributed by atoms with Crippen LogP contribution in [0.15, 0.2) is 34.1 Å². The predicted molar refractivity (Wildman–Crippen MR) is 121 cm³/mol. The first kappa shape index (κ1) is 21.5. The third-order valence-corrected chi connectivity index (χ3v) is 5.68. The third-order valence-electron chi connectivity index (χ3n) is 4.30. The molecule has 0 spiro atoms. The van der Waals surface area contributed by atoms with Gasteiger partial charge < -0.3 is 10.1 Å². The van der Waals surface area contributed by atoms with E-state index in [-0.39, 0.29) is 17.6 Å². The molecular weight excluding hydrogens is 408 g/mol. The first-order chi connectivity index (χ1) is 13.9. The highest BCUT2D eigenvalue weighted by molar-refractivity contribution is 8.26. The van der Waals surface area contributed by atoms with E-state index >= 15 is 0 Å². The Labute approximate surface area is 179 Å². The van der Waals surface area contributed by atoms with Gasteiger partial charge in [0, 0.05) is 25.9 Å². The van der Waals surface area contributed by atoms with Crippen molar-refractivity contribution >= 4 is 51.7 Å². The molecule has 0 radical (unpaired) electrons. The summed E-state index contributed by atoms with van der Waals surface area (Å²) in [6, 6.07) is 5.37. The molecule has 0 unspecified atom stereocenters. The highest BCUT2D eigenvalue weighted by atomic mass is 32.2. The summed E-state index contributed by atoms with van der Waals surface area (Å²) < 4.78 is 7.53. The smallest absolute Gasteiger partial charge is 0.267 e. The Hall–Kier alpha value is -2.23. The van der Waals surface area contributed by atoms with Gasteiger partial charge in [0.15, 0.2) is 0 Å². The standard InChI is InChI=1S/C20H24N4O3S2/c1-4-23-19(26)15(29-20(23)28)12-14-17(21-9-7-11-27-13(2)3)22-16-8-5-6-10-24(16)18(14)25/h5-6,8,10,12-13,21H,4,7,9,11H2,1-3H3/b15-12-. The van der Waals surface area contributed by atoms with Gasteiger partial charge >= 0.3 is 0 Å². The third kappa shape index (κ3) is 4.85. The number of hydrogen-bond acceptors (Lipinski definition) is 7. The number of amides is 1. The van der Waals surface area contributed by atoms with E-state index in [4.69, 9.17) is 17.0 Å². The average Bonchev–Trinajstić information content (AvgIpc) is 2.96. The van der Waals surface area contributed by atoms with E-state index in [9.17, 15) is 9.59 Å². The number of thioether (sulfide) groups is 1. The highest BCUT2D eigenvalue weighted by Gasteiger charge is 2.31. The molecule has 0 saturated carbocycles. The summed E-state index contributed by atoms with van der Waals surface area (Å²) in [5.41, 5.74) is 0.644. The fourth-order valence-electron chi connectivity index (χ4n) is 2.87. The minimum atomic E-state index is -0.238. The van der Waals surface area contributed by atoms with Crippen molar-refractivity contribution in [3.63, 3.8) is 0 Å². The quantitative estimate of drug-likeness (QED) is 0.390. The number of rotatable bonds is 8. The van der Waals surface area contributed by atoms with Gasteiger partial charge in [-0.1, -0.05) is 30.0 Å². The number of nitrogens with one attached hydrogen (secondary N) is 1. The fourth-order valence-corrected chi connectivity index (χ4v) is 4.24. The molecule has 0 bridgehead atoms. The fraction of sp³-hybridized carbons (Fsp3) is 0.400. The predicted octanol–water partition coefficient (Wildman–Crippen LogP) is 3.14. The Morgan fingerprint density at radius 1 is 1.34 bits per heavy atom. The van der Waals surface area contributed by atoms with Gasteiger partial charge in [0.2, 0.25) is 0 Å². The minimum absolute atomic E-state index is 0.175. The van der Waals surface area contributed by atoms with Crippen molar-refractivity contribution in [1.82, 2.24) is 14.3 Å². The van der Waals surface area contributed by atoms with Gasteiger partial charge in [-0.05, 0) is 45.4 Å². The second-order valence-corrected chi connectivity index (χ2v) is 8.41. The molecule has 0 aromatic carbocycles. The van der Waals surface area contributed by atoms with Crippen LogP contribution in [0.2, 0.25) is 0 Å². The van der Waals surface area contributed by atoms with Crippen LogP contribution in [0.4, 0.5) is 5.82 Å². The molecule has 3 heterocycles. The van der Waals surface area contributed by atoms with E-state index in [0.717, 1.165) is 6.42 Å². The van der Waals surface area contributed by atoms with E-state index in [2.05, 4.69) is 10.3 Å². The number of carbonyl (C=O) groups is 1. The Morgan fingerprint density at radius 2 is 2.14 bits per heavy atom. The lowest BCUT2D eigenvalue weighted by Gasteiger charge is -2.12. The molecule has 1 fully saturated rings. The number of thiocarbonyl (C=S) groups is 1. The summed E-state index contributed by atoms with van der Waals surface area (Å²) in [4.78, 5) is 32.2. The van der Waals surface area contributed by atoms with Crippen LogP contribution in [0.3, 0.4) is 0 Å². The molecule has 0 aliphatic carbocycles. The van der Waals surface area contributed by atoms with Gasteiger partial charge in [-0.25, -0.2) is 4.98 Å². The van der Waals surface area contributed by atoms with Gasteiger partial charge in [0.05, 0.1) is 16.6 Å². The number of hydrogen-bond donors (Lipinski definition) is 1. The van der Waals surface area contributed by atoms with Crippen LogP contribution in [0, 0.1) is 0 Å². The lowest BCUT2D eigenvalue weighted by Crippen LogP contribution is -2.27. The first-order valence-corrected chi connectivity index (χ1v) is 10.8. The Balaban J connectivity index is 1.95. The number of carbonyl (C=O) groups excluding carboxylic acids is 1. The molecule has 7 nitrogen and oxygen atoms in total. The van der Waals surface area contributed by atoms with E-state index < -0.39 is 0 Å². The minimum Gasteiger partial charge on any atom is -0.379 e. The molecule has 3 rings (SSSR count).